The number of hydrogen-bond acceptors (Lipinski definition) is 3. The lowest BCUT2D eigenvalue weighted by Gasteiger charge is -2.34. The Morgan fingerprint density at radius 1 is 1.19 bits per heavy atom. The van der Waals surface area contributed by atoms with Gasteiger partial charge in [0.1, 0.15) is 32.2 Å². The highest BCUT2D eigenvalue weighted by Crippen LogP contribution is 2.22. The molecule has 1 atom stereocenters. The van der Waals surface area contributed by atoms with Gasteiger partial charge in [0.25, 0.3) is 0 Å². The fourth-order valence-corrected chi connectivity index (χ4v) is 3.14. The molecule has 6 heteroatoms. The van der Waals surface area contributed by atoms with E-state index in [-0.39, 0.29) is 5.54 Å². The van der Waals surface area contributed by atoms with E-state index in [1.807, 2.05) is 0 Å². The van der Waals surface area contributed by atoms with Crippen LogP contribution in [0.2, 0.25) is 0 Å². The van der Waals surface area contributed by atoms with Gasteiger partial charge in [-0.3, -0.25) is 0 Å². The Hall–Kier alpha value is -1.01. The highest BCUT2D eigenvalue weighted by Gasteiger charge is 2.35. The molecule has 1 aromatic rings. The molecule has 0 saturated carbocycles. The summed E-state index contributed by atoms with van der Waals surface area (Å²) < 4.78 is 2.07. The van der Waals surface area contributed by atoms with Crippen molar-refractivity contribution in [2.24, 2.45) is 0 Å². The minimum absolute atomic E-state index is 0.0118. The Kier molecular flexibility index (Phi) is 5.32. The zero-order valence-electron chi connectivity index (χ0n) is 14.3. The van der Waals surface area contributed by atoms with Gasteiger partial charge in [0.05, 0.1) is 12.6 Å². The number of nitrogens with zero attached hydrogens (tertiary/aromatic N) is 4. The predicted molar refractivity (Wildman–Crippen MR) is 82.4 cm³/mol. The maximum Gasteiger partial charge on any atom is 0.209 e. The second-order valence-corrected chi connectivity index (χ2v) is 7.07. The number of aromatic nitrogens is 4. The molecular formula is C15H32N6+2. The summed E-state index contributed by atoms with van der Waals surface area (Å²) in [6.45, 7) is 13.8. The summed E-state index contributed by atoms with van der Waals surface area (Å²) in [5.41, 5.74) is -0.0118. The first-order valence-electron chi connectivity index (χ1n) is 8.44. The van der Waals surface area contributed by atoms with E-state index in [1.54, 1.807) is 9.80 Å². The Balaban J connectivity index is 2.25. The van der Waals surface area contributed by atoms with E-state index in [4.69, 9.17) is 0 Å². The molecule has 2 heterocycles. The van der Waals surface area contributed by atoms with Crippen molar-refractivity contribution in [2.75, 3.05) is 33.2 Å². The number of quaternary nitrogens is 2. The van der Waals surface area contributed by atoms with Crippen LogP contribution in [0.3, 0.4) is 0 Å². The van der Waals surface area contributed by atoms with Crippen molar-refractivity contribution >= 4 is 0 Å². The third kappa shape index (κ3) is 3.61. The lowest BCUT2D eigenvalue weighted by Crippen LogP contribution is -3.27. The van der Waals surface area contributed by atoms with Crippen LogP contribution in [0.15, 0.2) is 0 Å². The summed E-state index contributed by atoms with van der Waals surface area (Å²) >= 11 is 0. The number of rotatable bonds is 6. The van der Waals surface area contributed by atoms with Gasteiger partial charge < -0.3 is 9.80 Å². The van der Waals surface area contributed by atoms with Gasteiger partial charge in [0.15, 0.2) is 0 Å². The van der Waals surface area contributed by atoms with Crippen LogP contribution in [0.4, 0.5) is 0 Å². The first-order valence-corrected chi connectivity index (χ1v) is 8.44. The lowest BCUT2D eigenvalue weighted by molar-refractivity contribution is -1.02. The molecule has 0 aliphatic carbocycles. The fourth-order valence-electron chi connectivity index (χ4n) is 3.14. The quantitative estimate of drug-likeness (QED) is 0.713. The van der Waals surface area contributed by atoms with E-state index < -0.39 is 0 Å². The van der Waals surface area contributed by atoms with Crippen molar-refractivity contribution in [3.8, 4) is 0 Å². The van der Waals surface area contributed by atoms with E-state index >= 15 is 0 Å². The van der Waals surface area contributed by atoms with E-state index in [2.05, 4.69) is 54.9 Å². The third-order valence-corrected chi connectivity index (χ3v) is 5.06. The number of piperazine rings is 1. The van der Waals surface area contributed by atoms with Gasteiger partial charge in [-0.2, -0.15) is 0 Å². The van der Waals surface area contributed by atoms with Gasteiger partial charge >= 0.3 is 0 Å². The van der Waals surface area contributed by atoms with Crippen molar-refractivity contribution in [1.29, 1.82) is 0 Å². The van der Waals surface area contributed by atoms with Crippen LogP contribution < -0.4 is 9.80 Å². The molecule has 0 unspecified atom stereocenters. The monoisotopic (exact) mass is 296 g/mol. The van der Waals surface area contributed by atoms with Gasteiger partial charge in [-0.1, -0.05) is 20.3 Å². The smallest absolute Gasteiger partial charge is 0.209 e. The largest absolute Gasteiger partial charge is 0.328 e. The van der Waals surface area contributed by atoms with E-state index in [1.165, 1.54) is 32.6 Å². The Morgan fingerprint density at radius 3 is 2.43 bits per heavy atom. The molecule has 1 aliphatic heterocycles. The van der Waals surface area contributed by atoms with E-state index in [0.717, 1.165) is 18.7 Å². The average Bonchev–Trinajstić information content (AvgIpc) is 2.96. The summed E-state index contributed by atoms with van der Waals surface area (Å²) in [5, 5.41) is 12.7. The van der Waals surface area contributed by atoms with Crippen molar-refractivity contribution in [3.05, 3.63) is 5.82 Å². The van der Waals surface area contributed by atoms with Crippen LogP contribution in [0.25, 0.3) is 0 Å². The molecule has 120 valence electrons. The van der Waals surface area contributed by atoms with Gasteiger partial charge in [-0.05, 0) is 30.7 Å². The number of hydrogen-bond donors (Lipinski definition) is 2. The van der Waals surface area contributed by atoms with Crippen LogP contribution >= 0.6 is 0 Å². The third-order valence-electron chi connectivity index (χ3n) is 5.06. The summed E-state index contributed by atoms with van der Waals surface area (Å²) in [7, 11) is 2.29. The molecule has 1 aromatic heterocycles. The highest BCUT2D eigenvalue weighted by molar-refractivity contribution is 4.93. The first-order chi connectivity index (χ1) is 9.99. The Labute approximate surface area is 128 Å². The summed E-state index contributed by atoms with van der Waals surface area (Å²) in [5.74, 6) is 1.08. The van der Waals surface area contributed by atoms with Gasteiger partial charge in [-0.25, -0.2) is 4.68 Å². The molecule has 2 N–H and O–H groups in total. The Morgan fingerprint density at radius 2 is 1.86 bits per heavy atom. The SMILES string of the molecule is CCC[C@H](c1nnnn1C(C)(C)CC)[NH+]1CC[NH+](C)CC1. The average molecular weight is 296 g/mol. The number of nitrogens with one attached hydrogen (secondary N) is 2. The molecular weight excluding hydrogens is 264 g/mol. The standard InChI is InChI=1S/C15H30N6/c1-6-8-13(20-11-9-19(5)10-12-20)14-16-17-18-21(14)15(3,4)7-2/h13H,6-12H2,1-5H3/p+2/t13-/m1/s1. The normalized spacial score (nSPS) is 25.0. The minimum atomic E-state index is -0.0118. The fraction of sp³-hybridized carbons (Fsp3) is 0.933. The van der Waals surface area contributed by atoms with Crippen LogP contribution in [0.1, 0.15) is 58.8 Å². The van der Waals surface area contributed by atoms with Crippen LogP contribution in [0, 0.1) is 0 Å². The molecule has 1 aliphatic rings. The lowest BCUT2D eigenvalue weighted by atomic mass is 10.0. The van der Waals surface area contributed by atoms with Crippen LogP contribution in [0.5, 0.6) is 0 Å². The first kappa shape index (κ1) is 16.4. The summed E-state index contributed by atoms with van der Waals surface area (Å²) in [6, 6.07) is 0.434. The minimum Gasteiger partial charge on any atom is -0.328 e. The molecule has 0 spiro atoms. The summed E-state index contributed by atoms with van der Waals surface area (Å²) in [4.78, 5) is 3.30. The van der Waals surface area contributed by atoms with Crippen molar-refractivity contribution in [1.82, 2.24) is 20.2 Å². The number of tetrazole rings is 1. The molecule has 2 rings (SSSR count). The molecule has 0 amide bonds. The molecule has 0 bridgehead atoms. The molecule has 0 aromatic carbocycles. The van der Waals surface area contributed by atoms with Gasteiger partial charge in [-0.15, -0.1) is 5.10 Å². The topological polar surface area (TPSA) is 52.5 Å². The van der Waals surface area contributed by atoms with Crippen molar-refractivity contribution in [2.45, 2.75) is 58.5 Å². The maximum absolute atomic E-state index is 4.42. The van der Waals surface area contributed by atoms with E-state index in [9.17, 15) is 0 Å². The molecule has 21 heavy (non-hydrogen) atoms. The van der Waals surface area contributed by atoms with Gasteiger partial charge in [0, 0.05) is 6.42 Å². The molecule has 1 saturated heterocycles. The second kappa shape index (κ2) is 6.83. The molecule has 1 fully saturated rings. The van der Waals surface area contributed by atoms with E-state index in [0.29, 0.717) is 6.04 Å². The molecule has 6 nitrogen and oxygen atoms in total. The van der Waals surface area contributed by atoms with Crippen molar-refractivity contribution < 1.29 is 9.80 Å². The number of likely N-dealkylation sites (N-methyl/N-ethyl adjacent to an activating group) is 1. The second-order valence-electron chi connectivity index (χ2n) is 7.07. The van der Waals surface area contributed by atoms with Gasteiger partial charge in [0.2, 0.25) is 5.82 Å². The summed E-state index contributed by atoms with van der Waals surface area (Å²) in [6.07, 6.45) is 3.37. The van der Waals surface area contributed by atoms with Crippen LogP contribution in [-0.4, -0.2) is 53.4 Å². The van der Waals surface area contributed by atoms with Crippen molar-refractivity contribution in [3.63, 3.8) is 0 Å². The molecule has 0 radical (unpaired) electrons. The zero-order valence-corrected chi connectivity index (χ0v) is 14.3. The predicted octanol–water partition coefficient (Wildman–Crippen LogP) is -0.927. The highest BCUT2D eigenvalue weighted by atomic mass is 15.6. The zero-order chi connectivity index (χ0) is 15.5. The Bertz CT molecular complexity index is 433. The van der Waals surface area contributed by atoms with Crippen LogP contribution in [-0.2, 0) is 5.54 Å². The maximum atomic E-state index is 4.42.